The lowest BCUT2D eigenvalue weighted by Gasteiger charge is -2.26. The molecule has 2 atom stereocenters. The summed E-state index contributed by atoms with van der Waals surface area (Å²) < 4.78 is 17.4. The van der Waals surface area contributed by atoms with Gasteiger partial charge in [0.2, 0.25) is 0 Å². The fraction of sp³-hybridized carbons (Fsp3) is 0.318. The third-order valence-corrected chi connectivity index (χ3v) is 4.30. The highest BCUT2D eigenvalue weighted by molar-refractivity contribution is 5.89. The van der Waals surface area contributed by atoms with Gasteiger partial charge < -0.3 is 14.2 Å². The molecule has 4 heteroatoms. The maximum Gasteiger partial charge on any atom is 0.338 e. The van der Waals surface area contributed by atoms with E-state index in [-0.39, 0.29) is 18.7 Å². The molecule has 0 fully saturated rings. The average Bonchev–Trinajstić information content (AvgIpc) is 2.88. The third kappa shape index (κ3) is 5.28. The highest BCUT2D eigenvalue weighted by Gasteiger charge is 2.28. The van der Waals surface area contributed by atoms with E-state index in [0.717, 1.165) is 12.0 Å². The number of esters is 1. The van der Waals surface area contributed by atoms with Crippen LogP contribution in [0.1, 0.15) is 29.3 Å². The lowest BCUT2D eigenvalue weighted by atomic mass is 10.1. The molecule has 1 aliphatic heterocycles. The summed E-state index contributed by atoms with van der Waals surface area (Å²) in [4.78, 5) is 12.1. The monoisotopic (exact) mass is 352 g/mol. The summed E-state index contributed by atoms with van der Waals surface area (Å²) in [5.74, 6) is -0.343. The third-order valence-electron chi connectivity index (χ3n) is 4.30. The summed E-state index contributed by atoms with van der Waals surface area (Å²) in [5, 5.41) is 0. The summed E-state index contributed by atoms with van der Waals surface area (Å²) in [5.41, 5.74) is 1.04. The van der Waals surface area contributed by atoms with Gasteiger partial charge >= 0.3 is 5.97 Å². The average molecular weight is 352 g/mol. The van der Waals surface area contributed by atoms with Crippen molar-refractivity contribution in [3.05, 3.63) is 83.9 Å². The van der Waals surface area contributed by atoms with E-state index in [9.17, 15) is 4.79 Å². The van der Waals surface area contributed by atoms with Crippen LogP contribution in [0.2, 0.25) is 0 Å². The van der Waals surface area contributed by atoms with E-state index in [2.05, 4.69) is 0 Å². The molecule has 1 heterocycles. The molecule has 0 aromatic heterocycles. The van der Waals surface area contributed by atoms with E-state index in [1.54, 1.807) is 12.1 Å². The molecule has 0 N–H and O–H groups in total. The second kappa shape index (κ2) is 8.79. The predicted octanol–water partition coefficient (Wildman–Crippen LogP) is 4.16. The van der Waals surface area contributed by atoms with E-state index in [1.807, 2.05) is 67.6 Å². The molecule has 0 bridgehead atoms. The van der Waals surface area contributed by atoms with Crippen LogP contribution in [0.15, 0.2) is 72.8 Å². The molecule has 1 unspecified atom stereocenters. The Morgan fingerprint density at radius 1 is 1.12 bits per heavy atom. The van der Waals surface area contributed by atoms with Gasteiger partial charge in [-0.1, -0.05) is 60.7 Å². The number of carbonyl (C=O) groups excluding carboxylic acids is 1. The molecule has 0 aliphatic carbocycles. The smallest absolute Gasteiger partial charge is 0.338 e. The molecule has 2 aromatic rings. The number of hydrogen-bond donors (Lipinski definition) is 0. The zero-order valence-electron chi connectivity index (χ0n) is 15.0. The van der Waals surface area contributed by atoms with Gasteiger partial charge in [0, 0.05) is 0 Å². The Bertz CT molecular complexity index is 726. The first-order chi connectivity index (χ1) is 12.6. The van der Waals surface area contributed by atoms with Crippen molar-refractivity contribution in [2.24, 2.45) is 0 Å². The SMILES string of the molecule is C[C@@]1(COC(=O)c2ccccc2)C=CCC(OCc2ccccc2)CO1. The second-order valence-corrected chi connectivity index (χ2v) is 6.62. The normalized spacial score (nSPS) is 22.6. The molecule has 0 spiro atoms. The van der Waals surface area contributed by atoms with Crippen molar-refractivity contribution in [1.29, 1.82) is 0 Å². The van der Waals surface area contributed by atoms with Crippen molar-refractivity contribution in [3.8, 4) is 0 Å². The maximum absolute atomic E-state index is 12.1. The number of carbonyl (C=O) groups is 1. The van der Waals surface area contributed by atoms with Gasteiger partial charge in [-0.25, -0.2) is 4.79 Å². The zero-order valence-corrected chi connectivity index (χ0v) is 15.0. The van der Waals surface area contributed by atoms with E-state index in [0.29, 0.717) is 18.8 Å². The van der Waals surface area contributed by atoms with Crippen molar-refractivity contribution in [3.63, 3.8) is 0 Å². The molecule has 136 valence electrons. The minimum atomic E-state index is -0.644. The van der Waals surface area contributed by atoms with Gasteiger partial charge in [0.15, 0.2) is 0 Å². The zero-order chi connectivity index (χ0) is 18.2. The fourth-order valence-electron chi connectivity index (χ4n) is 2.73. The van der Waals surface area contributed by atoms with Gasteiger partial charge in [0.1, 0.15) is 12.2 Å². The molecule has 0 saturated heterocycles. The first-order valence-electron chi connectivity index (χ1n) is 8.84. The molecule has 26 heavy (non-hydrogen) atoms. The lowest BCUT2D eigenvalue weighted by molar-refractivity contribution is -0.0859. The van der Waals surface area contributed by atoms with Gasteiger partial charge in [0.25, 0.3) is 0 Å². The fourth-order valence-corrected chi connectivity index (χ4v) is 2.73. The summed E-state index contributed by atoms with van der Waals surface area (Å²) in [7, 11) is 0. The van der Waals surface area contributed by atoms with Gasteiger partial charge in [-0.2, -0.15) is 0 Å². The highest BCUT2D eigenvalue weighted by atomic mass is 16.6. The van der Waals surface area contributed by atoms with Crippen LogP contribution >= 0.6 is 0 Å². The standard InChI is InChI=1S/C22H24O4/c1-22(17-25-21(23)19-11-6-3-7-12-19)14-8-13-20(16-26-22)24-15-18-9-4-2-5-10-18/h2-12,14,20H,13,15-17H2,1H3/t20?,22-/m0/s1. The Morgan fingerprint density at radius 3 is 2.54 bits per heavy atom. The van der Waals surface area contributed by atoms with Crippen molar-refractivity contribution in [2.45, 2.75) is 31.7 Å². The Morgan fingerprint density at radius 2 is 1.81 bits per heavy atom. The molecular weight excluding hydrogens is 328 g/mol. The molecule has 2 aromatic carbocycles. The number of benzene rings is 2. The van der Waals surface area contributed by atoms with Crippen LogP contribution in [0.5, 0.6) is 0 Å². The van der Waals surface area contributed by atoms with Crippen LogP contribution in [0.4, 0.5) is 0 Å². The van der Waals surface area contributed by atoms with Gasteiger partial charge in [0.05, 0.1) is 24.9 Å². The number of rotatable bonds is 6. The molecule has 0 amide bonds. The first kappa shape index (κ1) is 18.4. The molecule has 1 aliphatic rings. The number of hydrogen-bond acceptors (Lipinski definition) is 4. The van der Waals surface area contributed by atoms with Gasteiger partial charge in [-0.15, -0.1) is 0 Å². The van der Waals surface area contributed by atoms with Crippen LogP contribution in [0, 0.1) is 0 Å². The summed E-state index contributed by atoms with van der Waals surface area (Å²) in [6.45, 7) is 3.10. The highest BCUT2D eigenvalue weighted by Crippen LogP contribution is 2.21. The van der Waals surface area contributed by atoms with Crippen molar-refractivity contribution in [2.75, 3.05) is 13.2 Å². The van der Waals surface area contributed by atoms with Crippen LogP contribution in [0.3, 0.4) is 0 Å². The van der Waals surface area contributed by atoms with E-state index < -0.39 is 5.60 Å². The van der Waals surface area contributed by atoms with Crippen LogP contribution in [0.25, 0.3) is 0 Å². The Kier molecular flexibility index (Phi) is 6.21. The van der Waals surface area contributed by atoms with Gasteiger partial charge in [-0.05, 0) is 31.0 Å². The van der Waals surface area contributed by atoms with E-state index >= 15 is 0 Å². The molecule has 0 radical (unpaired) electrons. The molecule has 0 saturated carbocycles. The molecule has 3 rings (SSSR count). The first-order valence-corrected chi connectivity index (χ1v) is 8.84. The van der Waals surface area contributed by atoms with Gasteiger partial charge in [-0.3, -0.25) is 0 Å². The number of ether oxygens (including phenoxy) is 3. The molecule has 4 nitrogen and oxygen atoms in total. The second-order valence-electron chi connectivity index (χ2n) is 6.62. The van der Waals surface area contributed by atoms with Crippen LogP contribution in [-0.2, 0) is 20.8 Å². The quantitative estimate of drug-likeness (QED) is 0.578. The van der Waals surface area contributed by atoms with E-state index in [4.69, 9.17) is 14.2 Å². The van der Waals surface area contributed by atoms with Crippen LogP contribution < -0.4 is 0 Å². The summed E-state index contributed by atoms with van der Waals surface area (Å²) >= 11 is 0. The summed E-state index contributed by atoms with van der Waals surface area (Å²) in [6, 6.07) is 19.0. The van der Waals surface area contributed by atoms with Crippen molar-refractivity contribution >= 4 is 5.97 Å². The Labute approximate surface area is 154 Å². The Balaban J connectivity index is 1.48. The topological polar surface area (TPSA) is 44.8 Å². The minimum absolute atomic E-state index is 0.0156. The largest absolute Gasteiger partial charge is 0.459 e. The van der Waals surface area contributed by atoms with E-state index in [1.165, 1.54) is 0 Å². The lowest BCUT2D eigenvalue weighted by Crippen LogP contribution is -2.35. The van der Waals surface area contributed by atoms with Crippen molar-refractivity contribution < 1.29 is 19.0 Å². The van der Waals surface area contributed by atoms with Crippen LogP contribution in [-0.4, -0.2) is 30.9 Å². The minimum Gasteiger partial charge on any atom is -0.459 e. The molecular formula is C22H24O4. The van der Waals surface area contributed by atoms with Crippen molar-refractivity contribution in [1.82, 2.24) is 0 Å². The predicted molar refractivity (Wildman–Crippen MR) is 99.9 cm³/mol. The summed E-state index contributed by atoms with van der Waals surface area (Å²) in [6.07, 6.45) is 4.75. The Hall–Kier alpha value is -2.43. The maximum atomic E-state index is 12.1.